The largest absolute Gasteiger partial charge is 0.342 e. The van der Waals surface area contributed by atoms with Gasteiger partial charge in [0.05, 0.1) is 5.88 Å². The second-order valence-corrected chi connectivity index (χ2v) is 5.93. The van der Waals surface area contributed by atoms with Crippen molar-refractivity contribution in [1.29, 1.82) is 0 Å². The summed E-state index contributed by atoms with van der Waals surface area (Å²) in [5.74, 6) is 1.01. The number of likely N-dealkylation sites (N-methyl/N-ethyl adjacent to an activating group) is 1. The molecule has 2 heterocycles. The molecular weight excluding hydrogens is 280 g/mol. The van der Waals surface area contributed by atoms with E-state index >= 15 is 0 Å². The lowest BCUT2D eigenvalue weighted by molar-refractivity contribution is -0.143. The van der Waals surface area contributed by atoms with Crippen molar-refractivity contribution < 1.29 is 9.59 Å². The summed E-state index contributed by atoms with van der Waals surface area (Å²) in [7, 11) is 1.76. The normalized spacial score (nSPS) is 18.6. The molecule has 0 aliphatic carbocycles. The van der Waals surface area contributed by atoms with Crippen LogP contribution in [0.2, 0.25) is 0 Å². The molecule has 110 valence electrons. The molecule has 20 heavy (non-hydrogen) atoms. The van der Waals surface area contributed by atoms with Crippen LogP contribution in [-0.4, -0.2) is 72.6 Å². The summed E-state index contributed by atoms with van der Waals surface area (Å²) in [5, 5.41) is 10.6. The summed E-state index contributed by atoms with van der Waals surface area (Å²) in [4.78, 5) is 27.9. The fourth-order valence-corrected chi connectivity index (χ4v) is 3.04. The Morgan fingerprint density at radius 3 is 2.85 bits per heavy atom. The second kappa shape index (κ2) is 6.21. The van der Waals surface area contributed by atoms with Crippen LogP contribution in [0.5, 0.6) is 0 Å². The maximum atomic E-state index is 12.4. The van der Waals surface area contributed by atoms with E-state index in [2.05, 4.69) is 15.5 Å². The lowest BCUT2D eigenvalue weighted by atomic mass is 10.2. The maximum absolute atomic E-state index is 12.4. The molecule has 0 saturated carbocycles. The predicted molar refractivity (Wildman–Crippen MR) is 73.7 cm³/mol. The minimum absolute atomic E-state index is 0.0185. The van der Waals surface area contributed by atoms with E-state index in [-0.39, 0.29) is 24.4 Å². The molecule has 1 aromatic rings. The van der Waals surface area contributed by atoms with Gasteiger partial charge in [0.15, 0.2) is 0 Å². The van der Waals surface area contributed by atoms with Gasteiger partial charge in [-0.15, -0.1) is 16.9 Å². The van der Waals surface area contributed by atoms with E-state index in [1.54, 1.807) is 28.6 Å². The highest BCUT2D eigenvalue weighted by atomic mass is 32.2. The molecule has 1 aromatic heterocycles. The third-order valence-electron chi connectivity index (χ3n) is 3.30. The summed E-state index contributed by atoms with van der Waals surface area (Å²) in [6.45, 7) is 3.96. The molecule has 1 fully saturated rings. The minimum atomic E-state index is -0.392. The summed E-state index contributed by atoms with van der Waals surface area (Å²) >= 11 is 1.59. The van der Waals surface area contributed by atoms with Crippen LogP contribution in [0.1, 0.15) is 13.8 Å². The van der Waals surface area contributed by atoms with Crippen molar-refractivity contribution in [3.05, 3.63) is 6.33 Å². The van der Waals surface area contributed by atoms with E-state index in [1.165, 1.54) is 11.0 Å². The summed E-state index contributed by atoms with van der Waals surface area (Å²) in [6.07, 6.45) is 1.39. The molecule has 0 bridgehead atoms. The number of amides is 2. The van der Waals surface area contributed by atoms with Crippen LogP contribution in [0.4, 0.5) is 0 Å². The number of rotatable bonds is 4. The molecule has 2 rings (SSSR count). The highest BCUT2D eigenvalue weighted by Crippen LogP contribution is 2.23. The van der Waals surface area contributed by atoms with E-state index in [4.69, 9.17) is 0 Å². The van der Waals surface area contributed by atoms with Crippen molar-refractivity contribution in [3.63, 3.8) is 0 Å². The Morgan fingerprint density at radius 2 is 2.25 bits per heavy atom. The molecule has 9 heteroatoms. The first-order valence-corrected chi connectivity index (χ1v) is 7.51. The molecule has 0 radical (unpaired) electrons. The molecule has 8 nitrogen and oxygen atoms in total. The minimum Gasteiger partial charge on any atom is -0.342 e. The third-order valence-corrected chi connectivity index (χ3v) is 4.31. The van der Waals surface area contributed by atoms with Crippen LogP contribution in [0.25, 0.3) is 0 Å². The Bertz CT molecular complexity index is 477. The van der Waals surface area contributed by atoms with E-state index in [0.29, 0.717) is 11.6 Å². The van der Waals surface area contributed by atoms with Crippen molar-refractivity contribution in [3.8, 4) is 0 Å². The molecular formula is C11H18N6O2S. The smallest absolute Gasteiger partial charge is 0.246 e. The number of hydrogen-bond acceptors (Lipinski definition) is 6. The average molecular weight is 298 g/mol. The standard InChI is InChI=1S/C11H18N6O2S/c1-8(2)15(3)11(19)9-5-20-7-17(9)10(18)4-16-6-12-13-14-16/h6,8-9H,4-5,7H2,1-3H3/t9-/m1/s1. The van der Waals surface area contributed by atoms with Gasteiger partial charge in [0.2, 0.25) is 11.8 Å². The summed E-state index contributed by atoms with van der Waals surface area (Å²) < 4.78 is 1.36. The molecule has 1 saturated heterocycles. The number of tetrazole rings is 1. The van der Waals surface area contributed by atoms with Gasteiger partial charge in [-0.2, -0.15) is 0 Å². The molecule has 0 aromatic carbocycles. The number of carbonyl (C=O) groups excluding carboxylic acids is 2. The zero-order chi connectivity index (χ0) is 14.7. The predicted octanol–water partition coefficient (Wildman–Crippen LogP) is -0.559. The van der Waals surface area contributed by atoms with Crippen molar-refractivity contribution in [2.75, 3.05) is 18.7 Å². The van der Waals surface area contributed by atoms with Gasteiger partial charge in [-0.3, -0.25) is 9.59 Å². The zero-order valence-corrected chi connectivity index (χ0v) is 12.6. The Labute approximate surface area is 121 Å². The number of thioether (sulfide) groups is 1. The Kier molecular flexibility index (Phi) is 4.58. The fourth-order valence-electron chi connectivity index (χ4n) is 1.86. The van der Waals surface area contributed by atoms with Gasteiger partial charge in [-0.05, 0) is 24.3 Å². The van der Waals surface area contributed by atoms with Crippen LogP contribution in [-0.2, 0) is 16.1 Å². The molecule has 0 spiro atoms. The molecule has 1 atom stereocenters. The van der Waals surface area contributed by atoms with Gasteiger partial charge in [-0.25, -0.2) is 4.68 Å². The lowest BCUT2D eigenvalue weighted by Crippen LogP contribution is -2.50. The van der Waals surface area contributed by atoms with Gasteiger partial charge >= 0.3 is 0 Å². The van der Waals surface area contributed by atoms with Crippen LogP contribution >= 0.6 is 11.8 Å². The number of aromatic nitrogens is 4. The number of hydrogen-bond donors (Lipinski definition) is 0. The zero-order valence-electron chi connectivity index (χ0n) is 11.8. The van der Waals surface area contributed by atoms with Crippen LogP contribution < -0.4 is 0 Å². The number of carbonyl (C=O) groups is 2. The summed E-state index contributed by atoms with van der Waals surface area (Å²) in [6, 6.07) is -0.277. The maximum Gasteiger partial charge on any atom is 0.246 e. The molecule has 0 unspecified atom stereocenters. The lowest BCUT2D eigenvalue weighted by Gasteiger charge is -2.29. The first-order chi connectivity index (χ1) is 9.50. The highest BCUT2D eigenvalue weighted by Gasteiger charge is 2.36. The van der Waals surface area contributed by atoms with Crippen molar-refractivity contribution >= 4 is 23.6 Å². The fraction of sp³-hybridized carbons (Fsp3) is 0.727. The Balaban J connectivity index is 2.03. The van der Waals surface area contributed by atoms with E-state index in [0.717, 1.165) is 0 Å². The van der Waals surface area contributed by atoms with Gasteiger partial charge in [0.25, 0.3) is 0 Å². The SMILES string of the molecule is CC(C)N(C)C(=O)[C@H]1CSCN1C(=O)Cn1cnnn1. The molecule has 2 amide bonds. The summed E-state index contributed by atoms with van der Waals surface area (Å²) in [5.41, 5.74) is 0. The van der Waals surface area contributed by atoms with Crippen LogP contribution in [0.3, 0.4) is 0 Å². The van der Waals surface area contributed by atoms with Crippen molar-refractivity contribution in [2.24, 2.45) is 0 Å². The van der Waals surface area contributed by atoms with E-state index < -0.39 is 6.04 Å². The van der Waals surface area contributed by atoms with Crippen LogP contribution in [0, 0.1) is 0 Å². The van der Waals surface area contributed by atoms with E-state index in [1.807, 2.05) is 13.8 Å². The second-order valence-electron chi connectivity index (χ2n) is 4.93. The molecule has 1 aliphatic heterocycles. The van der Waals surface area contributed by atoms with E-state index in [9.17, 15) is 9.59 Å². The van der Waals surface area contributed by atoms with Crippen molar-refractivity contribution in [2.45, 2.75) is 32.5 Å². The highest BCUT2D eigenvalue weighted by molar-refractivity contribution is 7.99. The first kappa shape index (κ1) is 14.8. The first-order valence-electron chi connectivity index (χ1n) is 6.35. The third kappa shape index (κ3) is 3.09. The number of nitrogens with zero attached hydrogens (tertiary/aromatic N) is 6. The van der Waals surface area contributed by atoms with Gasteiger partial charge in [0, 0.05) is 18.8 Å². The quantitative estimate of drug-likeness (QED) is 0.741. The Morgan fingerprint density at radius 1 is 1.50 bits per heavy atom. The molecule has 1 aliphatic rings. The monoisotopic (exact) mass is 298 g/mol. The molecule has 0 N–H and O–H groups in total. The van der Waals surface area contributed by atoms with Gasteiger partial charge < -0.3 is 9.80 Å². The Hall–Kier alpha value is -1.64. The van der Waals surface area contributed by atoms with Crippen molar-refractivity contribution in [1.82, 2.24) is 30.0 Å². The average Bonchev–Trinajstić information content (AvgIpc) is 3.07. The van der Waals surface area contributed by atoms with Gasteiger partial charge in [-0.1, -0.05) is 0 Å². The van der Waals surface area contributed by atoms with Crippen LogP contribution in [0.15, 0.2) is 6.33 Å². The van der Waals surface area contributed by atoms with Gasteiger partial charge in [0.1, 0.15) is 18.9 Å². The topological polar surface area (TPSA) is 84.2 Å².